The van der Waals surface area contributed by atoms with Gasteiger partial charge in [-0.2, -0.15) is 0 Å². The molecule has 1 aliphatic carbocycles. The van der Waals surface area contributed by atoms with Crippen LogP contribution in [0.1, 0.15) is 31.7 Å². The lowest BCUT2D eigenvalue weighted by Crippen LogP contribution is -2.36. The first-order valence-corrected chi connectivity index (χ1v) is 7.58. The van der Waals surface area contributed by atoms with Crippen LogP contribution in [0.2, 0.25) is 0 Å². The summed E-state index contributed by atoms with van der Waals surface area (Å²) in [7, 11) is 3.84. The van der Waals surface area contributed by atoms with Crippen LogP contribution in [0, 0.1) is 11.8 Å². The average molecular weight is 277 g/mol. The lowest BCUT2D eigenvalue weighted by atomic mass is 9.80. The van der Waals surface area contributed by atoms with Crippen molar-refractivity contribution in [3.05, 3.63) is 29.8 Å². The highest BCUT2D eigenvalue weighted by molar-refractivity contribution is 5.32. The fraction of sp³-hybridized carbons (Fsp3) is 0.647. The van der Waals surface area contributed by atoms with Crippen molar-refractivity contribution >= 4 is 0 Å². The molecule has 1 saturated carbocycles. The van der Waals surface area contributed by atoms with Crippen LogP contribution in [-0.2, 0) is 6.54 Å². The Kier molecular flexibility index (Phi) is 5.44. The van der Waals surface area contributed by atoms with Crippen LogP contribution in [-0.4, -0.2) is 36.8 Å². The van der Waals surface area contributed by atoms with Gasteiger partial charge < -0.3 is 14.7 Å². The molecular weight excluding hydrogens is 250 g/mol. The highest BCUT2D eigenvalue weighted by Gasteiger charge is 2.27. The molecule has 3 unspecified atom stereocenters. The first-order chi connectivity index (χ1) is 9.60. The number of para-hydroxylation sites is 1. The second kappa shape index (κ2) is 7.09. The van der Waals surface area contributed by atoms with Gasteiger partial charge in [0, 0.05) is 18.7 Å². The van der Waals surface area contributed by atoms with Crippen LogP contribution in [0.3, 0.4) is 0 Å². The third-order valence-corrected chi connectivity index (χ3v) is 4.38. The molecule has 1 aromatic rings. The second-order valence-electron chi connectivity index (χ2n) is 6.25. The number of methoxy groups -OCH3 is 1. The summed E-state index contributed by atoms with van der Waals surface area (Å²) in [6.07, 6.45) is 3.12. The number of nitrogens with zero attached hydrogens (tertiary/aromatic N) is 1. The number of hydrogen-bond acceptors (Lipinski definition) is 3. The van der Waals surface area contributed by atoms with E-state index in [9.17, 15) is 5.11 Å². The predicted octanol–water partition coefficient (Wildman–Crippen LogP) is 2.92. The third kappa shape index (κ3) is 3.97. The fourth-order valence-electron chi connectivity index (χ4n) is 3.27. The number of hydrogen-bond donors (Lipinski definition) is 1. The molecule has 0 aromatic heterocycles. The molecule has 1 aromatic carbocycles. The standard InChI is InChI=1S/C17H27NO2/c1-13-8-9-16(19)15(10-13)12-18(2)11-14-6-4-5-7-17(14)20-3/h4-7,13,15-16,19H,8-12H2,1-3H3. The Labute approximate surface area is 122 Å². The summed E-state index contributed by atoms with van der Waals surface area (Å²) in [5, 5.41) is 10.2. The van der Waals surface area contributed by atoms with Crippen LogP contribution in [0.15, 0.2) is 24.3 Å². The van der Waals surface area contributed by atoms with Crippen molar-refractivity contribution in [2.24, 2.45) is 11.8 Å². The van der Waals surface area contributed by atoms with Crippen molar-refractivity contribution in [3.63, 3.8) is 0 Å². The fourth-order valence-corrected chi connectivity index (χ4v) is 3.27. The molecule has 3 heteroatoms. The number of aliphatic hydroxyl groups excluding tert-OH is 1. The molecular formula is C17H27NO2. The average Bonchev–Trinajstić information content (AvgIpc) is 2.43. The minimum Gasteiger partial charge on any atom is -0.496 e. The number of rotatable bonds is 5. The highest BCUT2D eigenvalue weighted by atomic mass is 16.5. The van der Waals surface area contributed by atoms with Gasteiger partial charge in [-0.05, 0) is 44.2 Å². The summed E-state index contributed by atoms with van der Waals surface area (Å²) < 4.78 is 5.40. The minimum atomic E-state index is -0.133. The maximum Gasteiger partial charge on any atom is 0.123 e. The normalized spacial score (nSPS) is 26.8. The molecule has 112 valence electrons. The van der Waals surface area contributed by atoms with E-state index in [4.69, 9.17) is 4.74 Å². The summed E-state index contributed by atoms with van der Waals surface area (Å²) in [6.45, 7) is 4.10. The first-order valence-electron chi connectivity index (χ1n) is 7.58. The molecule has 0 amide bonds. The number of ether oxygens (including phenoxy) is 1. The molecule has 3 nitrogen and oxygen atoms in total. The topological polar surface area (TPSA) is 32.7 Å². The molecule has 2 rings (SSSR count). The zero-order valence-electron chi connectivity index (χ0n) is 12.9. The largest absolute Gasteiger partial charge is 0.496 e. The Morgan fingerprint density at radius 2 is 2.05 bits per heavy atom. The molecule has 3 atom stereocenters. The van der Waals surface area contributed by atoms with Gasteiger partial charge in [-0.3, -0.25) is 0 Å². The minimum absolute atomic E-state index is 0.133. The molecule has 0 heterocycles. The molecule has 0 spiro atoms. The Balaban J connectivity index is 1.93. The van der Waals surface area contributed by atoms with E-state index >= 15 is 0 Å². The Morgan fingerprint density at radius 3 is 2.80 bits per heavy atom. The zero-order valence-corrected chi connectivity index (χ0v) is 12.9. The second-order valence-corrected chi connectivity index (χ2v) is 6.25. The summed E-state index contributed by atoms with van der Waals surface area (Å²) in [5.74, 6) is 2.08. The van der Waals surface area contributed by atoms with Crippen LogP contribution in [0.25, 0.3) is 0 Å². The Bertz CT molecular complexity index is 421. The smallest absolute Gasteiger partial charge is 0.123 e. The van der Waals surface area contributed by atoms with Crippen LogP contribution in [0.4, 0.5) is 0 Å². The monoisotopic (exact) mass is 277 g/mol. The van der Waals surface area contributed by atoms with Crippen molar-refractivity contribution < 1.29 is 9.84 Å². The molecule has 20 heavy (non-hydrogen) atoms. The van der Waals surface area contributed by atoms with Gasteiger partial charge in [0.1, 0.15) is 5.75 Å². The lowest BCUT2D eigenvalue weighted by Gasteiger charge is -2.34. The van der Waals surface area contributed by atoms with Crippen molar-refractivity contribution in [1.82, 2.24) is 4.90 Å². The van der Waals surface area contributed by atoms with E-state index in [0.29, 0.717) is 5.92 Å². The van der Waals surface area contributed by atoms with E-state index in [1.165, 1.54) is 5.56 Å². The van der Waals surface area contributed by atoms with Crippen LogP contribution < -0.4 is 4.74 Å². The molecule has 1 N–H and O–H groups in total. The molecule has 1 aliphatic rings. The van der Waals surface area contributed by atoms with Crippen molar-refractivity contribution in [3.8, 4) is 5.75 Å². The molecule has 0 bridgehead atoms. The van der Waals surface area contributed by atoms with Gasteiger partial charge in [-0.15, -0.1) is 0 Å². The lowest BCUT2D eigenvalue weighted by molar-refractivity contribution is 0.0337. The van der Waals surface area contributed by atoms with E-state index in [0.717, 1.165) is 44.0 Å². The summed E-state index contributed by atoms with van der Waals surface area (Å²) in [6, 6.07) is 8.15. The first kappa shape index (κ1) is 15.3. The maximum atomic E-state index is 10.2. The van der Waals surface area contributed by atoms with Gasteiger partial charge in [0.25, 0.3) is 0 Å². The molecule has 0 saturated heterocycles. The third-order valence-electron chi connectivity index (χ3n) is 4.38. The Morgan fingerprint density at radius 1 is 1.30 bits per heavy atom. The molecule has 0 aliphatic heterocycles. The van der Waals surface area contributed by atoms with E-state index in [-0.39, 0.29) is 6.10 Å². The van der Waals surface area contributed by atoms with Crippen molar-refractivity contribution in [1.29, 1.82) is 0 Å². The molecule has 1 fully saturated rings. The predicted molar refractivity (Wildman–Crippen MR) is 81.8 cm³/mol. The summed E-state index contributed by atoms with van der Waals surface area (Å²) in [4.78, 5) is 2.30. The summed E-state index contributed by atoms with van der Waals surface area (Å²) >= 11 is 0. The van der Waals surface area contributed by atoms with Crippen molar-refractivity contribution in [2.45, 2.75) is 38.8 Å². The van der Waals surface area contributed by atoms with Gasteiger partial charge in [0.15, 0.2) is 0 Å². The van der Waals surface area contributed by atoms with Crippen LogP contribution >= 0.6 is 0 Å². The SMILES string of the molecule is COc1ccccc1CN(C)CC1CC(C)CCC1O. The van der Waals surface area contributed by atoms with E-state index in [2.05, 4.69) is 24.9 Å². The van der Waals surface area contributed by atoms with Gasteiger partial charge in [0.2, 0.25) is 0 Å². The van der Waals surface area contributed by atoms with Crippen LogP contribution in [0.5, 0.6) is 5.75 Å². The Hall–Kier alpha value is -1.06. The van der Waals surface area contributed by atoms with Gasteiger partial charge >= 0.3 is 0 Å². The highest BCUT2D eigenvalue weighted by Crippen LogP contribution is 2.30. The zero-order chi connectivity index (χ0) is 14.5. The van der Waals surface area contributed by atoms with E-state index in [1.54, 1.807) is 7.11 Å². The van der Waals surface area contributed by atoms with Gasteiger partial charge in [-0.1, -0.05) is 25.1 Å². The number of aliphatic hydroxyl groups is 1. The van der Waals surface area contributed by atoms with E-state index in [1.807, 2.05) is 18.2 Å². The van der Waals surface area contributed by atoms with E-state index < -0.39 is 0 Å². The summed E-state index contributed by atoms with van der Waals surface area (Å²) in [5.41, 5.74) is 1.20. The van der Waals surface area contributed by atoms with Gasteiger partial charge in [-0.25, -0.2) is 0 Å². The number of benzene rings is 1. The van der Waals surface area contributed by atoms with Gasteiger partial charge in [0.05, 0.1) is 13.2 Å². The maximum absolute atomic E-state index is 10.2. The van der Waals surface area contributed by atoms with Crippen molar-refractivity contribution in [2.75, 3.05) is 20.7 Å². The molecule has 0 radical (unpaired) electrons. The quantitative estimate of drug-likeness (QED) is 0.898.